The van der Waals surface area contributed by atoms with Crippen LogP contribution < -0.4 is 9.47 Å². The second-order valence-electron chi connectivity index (χ2n) is 9.11. The fourth-order valence-electron chi connectivity index (χ4n) is 3.59. The SMILES string of the molecule is COc1cccc(C(=O)O)c1OCC(=O)N(Cc1ccccc1)Cc1ccc(C(C)(C)C)cc1. The molecule has 0 heterocycles. The molecule has 3 aromatic rings. The lowest BCUT2D eigenvalue weighted by molar-refractivity contribution is -0.134. The Hall–Kier alpha value is -3.80. The van der Waals surface area contributed by atoms with Gasteiger partial charge in [-0.3, -0.25) is 4.79 Å². The second-order valence-corrected chi connectivity index (χ2v) is 9.11. The maximum absolute atomic E-state index is 13.2. The van der Waals surface area contributed by atoms with Crippen LogP contribution in [0.25, 0.3) is 0 Å². The van der Waals surface area contributed by atoms with Crippen LogP contribution in [0.2, 0.25) is 0 Å². The van der Waals surface area contributed by atoms with E-state index in [1.807, 2.05) is 42.5 Å². The topological polar surface area (TPSA) is 76.1 Å². The Balaban J connectivity index is 1.81. The van der Waals surface area contributed by atoms with Crippen LogP contribution in [0.4, 0.5) is 0 Å². The van der Waals surface area contributed by atoms with Crippen LogP contribution >= 0.6 is 0 Å². The molecule has 3 rings (SSSR count). The van der Waals surface area contributed by atoms with Gasteiger partial charge in [0.2, 0.25) is 0 Å². The summed E-state index contributed by atoms with van der Waals surface area (Å²) in [7, 11) is 1.43. The molecule has 6 heteroatoms. The molecule has 0 aliphatic carbocycles. The summed E-state index contributed by atoms with van der Waals surface area (Å²) in [5, 5.41) is 9.50. The number of ether oxygens (including phenoxy) is 2. The van der Waals surface area contributed by atoms with Crippen molar-refractivity contribution in [1.82, 2.24) is 4.90 Å². The number of carbonyl (C=O) groups is 2. The summed E-state index contributed by atoms with van der Waals surface area (Å²) in [6, 6.07) is 22.6. The number of methoxy groups -OCH3 is 1. The molecule has 0 atom stereocenters. The number of hydrogen-bond acceptors (Lipinski definition) is 4. The fraction of sp³-hybridized carbons (Fsp3) is 0.286. The molecule has 0 aromatic heterocycles. The summed E-state index contributed by atoms with van der Waals surface area (Å²) >= 11 is 0. The van der Waals surface area contributed by atoms with Crippen molar-refractivity contribution in [2.45, 2.75) is 39.3 Å². The van der Waals surface area contributed by atoms with E-state index in [1.54, 1.807) is 17.0 Å². The average Bonchev–Trinajstić information content (AvgIpc) is 2.82. The Morgan fingerprint density at radius 3 is 2.03 bits per heavy atom. The van der Waals surface area contributed by atoms with Crippen LogP contribution in [0, 0.1) is 0 Å². The van der Waals surface area contributed by atoms with E-state index in [-0.39, 0.29) is 35.0 Å². The molecular formula is C28H31NO5. The number of carbonyl (C=O) groups excluding carboxylic acids is 1. The van der Waals surface area contributed by atoms with Crippen LogP contribution in [0.1, 0.15) is 47.8 Å². The van der Waals surface area contributed by atoms with Crippen LogP contribution in [-0.4, -0.2) is 35.6 Å². The summed E-state index contributed by atoms with van der Waals surface area (Å²) < 4.78 is 11.0. The molecule has 0 unspecified atom stereocenters. The first-order valence-electron chi connectivity index (χ1n) is 11.1. The van der Waals surface area contributed by atoms with E-state index in [2.05, 4.69) is 32.9 Å². The normalized spacial score (nSPS) is 11.1. The number of nitrogens with zero attached hydrogens (tertiary/aromatic N) is 1. The lowest BCUT2D eigenvalue weighted by Gasteiger charge is -2.24. The number of aromatic carboxylic acids is 1. The molecule has 0 spiro atoms. The van der Waals surface area contributed by atoms with E-state index in [0.717, 1.165) is 11.1 Å². The summed E-state index contributed by atoms with van der Waals surface area (Å²) in [6.45, 7) is 6.98. The average molecular weight is 462 g/mol. The molecule has 0 fully saturated rings. The van der Waals surface area contributed by atoms with Crippen molar-refractivity contribution >= 4 is 11.9 Å². The van der Waals surface area contributed by atoms with E-state index in [0.29, 0.717) is 13.1 Å². The third-order valence-electron chi connectivity index (χ3n) is 5.53. The predicted octanol–water partition coefficient (Wildman–Crippen LogP) is 5.30. The minimum absolute atomic E-state index is 0.0417. The van der Waals surface area contributed by atoms with Gasteiger partial charge in [0, 0.05) is 13.1 Å². The van der Waals surface area contributed by atoms with Gasteiger partial charge in [0.15, 0.2) is 18.1 Å². The molecule has 0 aliphatic heterocycles. The van der Waals surface area contributed by atoms with Crippen LogP contribution in [0.3, 0.4) is 0 Å². The van der Waals surface area contributed by atoms with Crippen LogP contribution in [0.5, 0.6) is 11.5 Å². The zero-order valence-corrected chi connectivity index (χ0v) is 20.1. The zero-order valence-electron chi connectivity index (χ0n) is 20.1. The van der Waals surface area contributed by atoms with Gasteiger partial charge in [0.25, 0.3) is 5.91 Å². The standard InChI is InChI=1S/C28H31NO5/c1-28(2,3)22-15-13-21(14-16-22)18-29(17-20-9-6-5-7-10-20)25(30)19-34-26-23(27(31)32)11-8-12-24(26)33-4/h5-16H,17-19H2,1-4H3,(H,31,32). The Labute approximate surface area is 200 Å². The first kappa shape index (κ1) is 24.8. The third kappa shape index (κ3) is 6.38. The Bertz CT molecular complexity index is 1120. The van der Waals surface area contributed by atoms with Crippen molar-refractivity contribution in [2.24, 2.45) is 0 Å². The summed E-state index contributed by atoms with van der Waals surface area (Å²) in [4.78, 5) is 26.6. The number of carboxylic acid groups (broad SMARTS) is 1. The van der Waals surface area contributed by atoms with E-state index in [4.69, 9.17) is 9.47 Å². The minimum atomic E-state index is -1.15. The highest BCUT2D eigenvalue weighted by Gasteiger charge is 2.21. The van der Waals surface area contributed by atoms with Gasteiger partial charge in [-0.05, 0) is 34.2 Å². The molecule has 34 heavy (non-hydrogen) atoms. The molecule has 0 saturated heterocycles. The monoisotopic (exact) mass is 461 g/mol. The molecule has 6 nitrogen and oxygen atoms in total. The van der Waals surface area contributed by atoms with Gasteiger partial charge in [-0.25, -0.2) is 4.79 Å². The van der Waals surface area contributed by atoms with Crippen LogP contribution in [-0.2, 0) is 23.3 Å². The van der Waals surface area contributed by atoms with Gasteiger partial charge in [-0.15, -0.1) is 0 Å². The van der Waals surface area contributed by atoms with Gasteiger partial charge in [0.05, 0.1) is 7.11 Å². The first-order valence-corrected chi connectivity index (χ1v) is 11.1. The highest BCUT2D eigenvalue weighted by molar-refractivity contribution is 5.92. The lowest BCUT2D eigenvalue weighted by atomic mass is 9.87. The largest absolute Gasteiger partial charge is 0.493 e. The molecule has 0 aliphatic rings. The van der Waals surface area contributed by atoms with Crippen molar-refractivity contribution in [1.29, 1.82) is 0 Å². The number of amides is 1. The number of carboxylic acids is 1. The molecule has 1 amide bonds. The molecule has 1 N–H and O–H groups in total. The van der Waals surface area contributed by atoms with E-state index < -0.39 is 5.97 Å². The van der Waals surface area contributed by atoms with Crippen molar-refractivity contribution in [3.8, 4) is 11.5 Å². The smallest absolute Gasteiger partial charge is 0.339 e. The third-order valence-corrected chi connectivity index (χ3v) is 5.53. The maximum Gasteiger partial charge on any atom is 0.339 e. The van der Waals surface area contributed by atoms with Gasteiger partial charge in [-0.1, -0.05) is 81.4 Å². The van der Waals surface area contributed by atoms with Gasteiger partial charge >= 0.3 is 5.97 Å². The molecule has 178 valence electrons. The predicted molar refractivity (Wildman–Crippen MR) is 131 cm³/mol. The summed E-state index contributed by atoms with van der Waals surface area (Å²) in [5.74, 6) is -1.10. The molecule has 0 bridgehead atoms. The zero-order chi connectivity index (χ0) is 24.7. The number of rotatable bonds is 9. The van der Waals surface area contributed by atoms with E-state index in [1.165, 1.54) is 18.7 Å². The second kappa shape index (κ2) is 10.9. The van der Waals surface area contributed by atoms with E-state index in [9.17, 15) is 14.7 Å². The number of benzene rings is 3. The highest BCUT2D eigenvalue weighted by atomic mass is 16.5. The van der Waals surface area contributed by atoms with Crippen LogP contribution in [0.15, 0.2) is 72.8 Å². The first-order chi connectivity index (χ1) is 16.2. The Morgan fingerprint density at radius 2 is 1.47 bits per heavy atom. The number of hydrogen-bond donors (Lipinski definition) is 1. The Morgan fingerprint density at radius 1 is 0.853 bits per heavy atom. The van der Waals surface area contributed by atoms with Gasteiger partial charge in [-0.2, -0.15) is 0 Å². The molecule has 0 radical (unpaired) electrons. The quantitative estimate of drug-likeness (QED) is 0.468. The summed E-state index contributed by atoms with van der Waals surface area (Å²) in [6.07, 6.45) is 0. The molecule has 0 saturated carbocycles. The molecular weight excluding hydrogens is 430 g/mol. The minimum Gasteiger partial charge on any atom is -0.493 e. The van der Waals surface area contributed by atoms with Crippen molar-refractivity contribution in [3.05, 3.63) is 95.1 Å². The summed E-state index contributed by atoms with van der Waals surface area (Å²) in [5.41, 5.74) is 3.20. The van der Waals surface area contributed by atoms with Gasteiger partial charge < -0.3 is 19.5 Å². The lowest BCUT2D eigenvalue weighted by Crippen LogP contribution is -2.34. The fourth-order valence-corrected chi connectivity index (χ4v) is 3.59. The molecule has 3 aromatic carbocycles. The Kier molecular flexibility index (Phi) is 7.95. The maximum atomic E-state index is 13.2. The van der Waals surface area contributed by atoms with Crippen molar-refractivity contribution in [3.63, 3.8) is 0 Å². The number of para-hydroxylation sites is 1. The van der Waals surface area contributed by atoms with Crippen molar-refractivity contribution in [2.75, 3.05) is 13.7 Å². The highest BCUT2D eigenvalue weighted by Crippen LogP contribution is 2.31. The van der Waals surface area contributed by atoms with E-state index >= 15 is 0 Å². The van der Waals surface area contributed by atoms with Gasteiger partial charge in [0.1, 0.15) is 5.56 Å². The van der Waals surface area contributed by atoms with Crippen molar-refractivity contribution < 1.29 is 24.2 Å².